The summed E-state index contributed by atoms with van der Waals surface area (Å²) < 4.78 is 5.05. The van der Waals surface area contributed by atoms with Crippen LogP contribution in [0.1, 0.15) is 37.7 Å². The minimum Gasteiger partial charge on any atom is -0.512 e. The van der Waals surface area contributed by atoms with Crippen LogP contribution >= 0.6 is 0 Å². The topological polar surface area (TPSA) is 46.5 Å². The first kappa shape index (κ1) is 12.7. The van der Waals surface area contributed by atoms with Crippen LogP contribution in [0.5, 0.6) is 0 Å². The third-order valence-corrected chi connectivity index (χ3v) is 3.26. The molecule has 1 atom stereocenters. The van der Waals surface area contributed by atoms with E-state index in [1.165, 1.54) is 0 Å². The number of aliphatic hydroxyl groups is 1. The summed E-state index contributed by atoms with van der Waals surface area (Å²) in [5, 5.41) is 9.98. The van der Waals surface area contributed by atoms with E-state index < -0.39 is 0 Å². The molecule has 3 nitrogen and oxygen atoms in total. The van der Waals surface area contributed by atoms with E-state index in [0.717, 1.165) is 18.4 Å². The van der Waals surface area contributed by atoms with Crippen molar-refractivity contribution in [1.82, 2.24) is 0 Å². The molecule has 0 bridgehead atoms. The Bertz CT molecular complexity index is 448. The van der Waals surface area contributed by atoms with Gasteiger partial charge in [0.1, 0.15) is 5.76 Å². The van der Waals surface area contributed by atoms with Crippen LogP contribution in [0.2, 0.25) is 0 Å². The van der Waals surface area contributed by atoms with E-state index in [0.29, 0.717) is 18.6 Å². The minimum absolute atomic E-state index is 0.0426. The van der Waals surface area contributed by atoms with Crippen LogP contribution < -0.4 is 0 Å². The maximum Gasteiger partial charge on any atom is 0.338 e. The fourth-order valence-electron chi connectivity index (χ4n) is 2.44. The average Bonchev–Trinajstić information content (AvgIpc) is 2.39. The summed E-state index contributed by atoms with van der Waals surface area (Å²) in [7, 11) is 0. The second-order valence-corrected chi connectivity index (χ2v) is 4.44. The van der Waals surface area contributed by atoms with Gasteiger partial charge >= 0.3 is 5.97 Å². The Morgan fingerprint density at radius 1 is 1.39 bits per heavy atom. The maximum absolute atomic E-state index is 12.0. The summed E-state index contributed by atoms with van der Waals surface area (Å²) in [5.74, 6) is -0.240. The van der Waals surface area contributed by atoms with Crippen molar-refractivity contribution in [2.45, 2.75) is 32.1 Å². The fraction of sp³-hybridized carbons (Fsp3) is 0.400. The highest BCUT2D eigenvalue weighted by Gasteiger charge is 2.30. The van der Waals surface area contributed by atoms with E-state index in [2.05, 4.69) is 0 Å². The van der Waals surface area contributed by atoms with Gasteiger partial charge in [0, 0.05) is 12.3 Å². The third-order valence-electron chi connectivity index (χ3n) is 3.26. The molecule has 1 unspecified atom stereocenters. The number of ether oxygens (including phenoxy) is 1. The number of hydrogen-bond donors (Lipinski definition) is 1. The Labute approximate surface area is 107 Å². The van der Waals surface area contributed by atoms with Crippen molar-refractivity contribution in [3.63, 3.8) is 0 Å². The number of hydrogen-bond acceptors (Lipinski definition) is 3. The second-order valence-electron chi connectivity index (χ2n) is 4.44. The molecule has 1 aromatic carbocycles. The summed E-state index contributed by atoms with van der Waals surface area (Å²) in [4.78, 5) is 12.0. The number of carbonyl (C=O) groups is 1. The van der Waals surface area contributed by atoms with Gasteiger partial charge in [-0.25, -0.2) is 4.79 Å². The van der Waals surface area contributed by atoms with Gasteiger partial charge in [-0.3, -0.25) is 0 Å². The molecule has 3 heteroatoms. The number of rotatable bonds is 3. The highest BCUT2D eigenvalue weighted by Crippen LogP contribution is 2.37. The smallest absolute Gasteiger partial charge is 0.338 e. The van der Waals surface area contributed by atoms with E-state index in [1.807, 2.05) is 30.3 Å². The molecule has 0 saturated carbocycles. The molecule has 0 amide bonds. The molecule has 1 N–H and O–H groups in total. The zero-order valence-electron chi connectivity index (χ0n) is 10.6. The normalized spacial score (nSPS) is 19.7. The second kappa shape index (κ2) is 5.71. The van der Waals surface area contributed by atoms with Gasteiger partial charge in [0.05, 0.1) is 12.2 Å². The van der Waals surface area contributed by atoms with Crippen molar-refractivity contribution in [2.24, 2.45) is 0 Å². The van der Waals surface area contributed by atoms with E-state index >= 15 is 0 Å². The molecule has 96 valence electrons. The first-order valence-corrected chi connectivity index (χ1v) is 6.38. The summed E-state index contributed by atoms with van der Waals surface area (Å²) in [5.41, 5.74) is 1.50. The number of esters is 1. The van der Waals surface area contributed by atoms with Crippen molar-refractivity contribution in [2.75, 3.05) is 6.61 Å². The minimum atomic E-state index is -0.386. The van der Waals surface area contributed by atoms with E-state index in [9.17, 15) is 9.90 Å². The van der Waals surface area contributed by atoms with Crippen LogP contribution in [-0.2, 0) is 9.53 Å². The first-order valence-electron chi connectivity index (χ1n) is 6.38. The predicted octanol–water partition coefficient (Wildman–Crippen LogP) is 3.33. The lowest BCUT2D eigenvalue weighted by atomic mass is 9.81. The Balaban J connectivity index is 2.34. The van der Waals surface area contributed by atoms with Gasteiger partial charge in [0.2, 0.25) is 0 Å². The van der Waals surface area contributed by atoms with Gasteiger partial charge in [-0.15, -0.1) is 0 Å². The van der Waals surface area contributed by atoms with Crippen LogP contribution in [-0.4, -0.2) is 17.7 Å². The molecule has 18 heavy (non-hydrogen) atoms. The summed E-state index contributed by atoms with van der Waals surface area (Å²) in [6, 6.07) is 9.82. The zero-order valence-corrected chi connectivity index (χ0v) is 10.6. The van der Waals surface area contributed by atoms with Crippen molar-refractivity contribution >= 4 is 5.97 Å². The fourth-order valence-corrected chi connectivity index (χ4v) is 2.44. The number of carbonyl (C=O) groups excluding carboxylic acids is 1. The van der Waals surface area contributed by atoms with Crippen LogP contribution in [0, 0.1) is 0 Å². The molecule has 1 aromatic rings. The third kappa shape index (κ3) is 2.55. The molecular formula is C15H18O3. The molecular weight excluding hydrogens is 228 g/mol. The van der Waals surface area contributed by atoms with Crippen LogP contribution in [0.25, 0.3) is 0 Å². The lowest BCUT2D eigenvalue weighted by Crippen LogP contribution is -2.20. The van der Waals surface area contributed by atoms with Crippen LogP contribution in [0.4, 0.5) is 0 Å². The lowest BCUT2D eigenvalue weighted by molar-refractivity contribution is -0.139. The molecule has 0 saturated heterocycles. The van der Waals surface area contributed by atoms with E-state index in [1.54, 1.807) is 6.92 Å². The summed E-state index contributed by atoms with van der Waals surface area (Å²) >= 11 is 0. The van der Waals surface area contributed by atoms with Gasteiger partial charge in [0.25, 0.3) is 0 Å². The molecule has 0 aliphatic heterocycles. The van der Waals surface area contributed by atoms with Gasteiger partial charge in [-0.1, -0.05) is 30.3 Å². The quantitative estimate of drug-likeness (QED) is 0.832. The Hall–Kier alpha value is -1.77. The highest BCUT2D eigenvalue weighted by atomic mass is 16.5. The molecule has 1 aliphatic carbocycles. The lowest BCUT2D eigenvalue weighted by Gasteiger charge is -2.25. The van der Waals surface area contributed by atoms with E-state index in [4.69, 9.17) is 4.74 Å². The summed E-state index contributed by atoms with van der Waals surface area (Å²) in [6.45, 7) is 2.10. The predicted molar refractivity (Wildman–Crippen MR) is 69.3 cm³/mol. The maximum atomic E-state index is 12.0. The van der Waals surface area contributed by atoms with Crippen molar-refractivity contribution in [3.05, 3.63) is 47.2 Å². The number of benzene rings is 1. The van der Waals surface area contributed by atoms with Crippen LogP contribution in [0.15, 0.2) is 41.7 Å². The monoisotopic (exact) mass is 246 g/mol. The van der Waals surface area contributed by atoms with Crippen molar-refractivity contribution in [3.8, 4) is 0 Å². The molecule has 0 fully saturated rings. The van der Waals surface area contributed by atoms with Gasteiger partial charge in [0.15, 0.2) is 0 Å². The SMILES string of the molecule is CCOC(=O)C1=C(O)CCCC1c1ccccc1. The Morgan fingerprint density at radius 3 is 2.78 bits per heavy atom. The zero-order chi connectivity index (χ0) is 13.0. The summed E-state index contributed by atoms with van der Waals surface area (Å²) in [6.07, 6.45) is 2.34. The molecule has 0 aromatic heterocycles. The number of aliphatic hydroxyl groups excluding tert-OH is 1. The average molecular weight is 246 g/mol. The molecule has 0 heterocycles. The van der Waals surface area contributed by atoms with Crippen molar-refractivity contribution < 1.29 is 14.6 Å². The molecule has 2 rings (SSSR count). The molecule has 0 radical (unpaired) electrons. The molecule has 0 spiro atoms. The Morgan fingerprint density at radius 2 is 2.11 bits per heavy atom. The van der Waals surface area contributed by atoms with Gasteiger partial charge in [-0.05, 0) is 25.3 Å². The van der Waals surface area contributed by atoms with Gasteiger partial charge < -0.3 is 9.84 Å². The number of allylic oxidation sites excluding steroid dienone is 1. The highest BCUT2D eigenvalue weighted by molar-refractivity contribution is 5.91. The first-order chi connectivity index (χ1) is 8.74. The van der Waals surface area contributed by atoms with Crippen molar-refractivity contribution in [1.29, 1.82) is 0 Å². The Kier molecular flexibility index (Phi) is 4.03. The standard InChI is InChI=1S/C15H18O3/c1-2-18-15(17)14-12(9-6-10-13(14)16)11-7-4-3-5-8-11/h3-5,7-8,12,16H,2,6,9-10H2,1H3. The van der Waals surface area contributed by atoms with Gasteiger partial charge in [-0.2, -0.15) is 0 Å². The molecule has 1 aliphatic rings. The van der Waals surface area contributed by atoms with Crippen LogP contribution in [0.3, 0.4) is 0 Å². The largest absolute Gasteiger partial charge is 0.512 e. The van der Waals surface area contributed by atoms with E-state index in [-0.39, 0.29) is 17.6 Å².